The number of alkyl halides is 3. The van der Waals surface area contributed by atoms with Crippen LogP contribution in [0.2, 0.25) is 0 Å². The maximum Gasteiger partial charge on any atom is 0.490 e. The van der Waals surface area contributed by atoms with E-state index in [4.69, 9.17) is 26.5 Å². The molecule has 1 unspecified atom stereocenters. The second-order valence-corrected chi connectivity index (χ2v) is 5.00. The van der Waals surface area contributed by atoms with Gasteiger partial charge in [0.05, 0.1) is 12.6 Å². The number of ketones is 1. The summed E-state index contributed by atoms with van der Waals surface area (Å²) in [6.07, 6.45) is -3.63. The Morgan fingerprint density at radius 2 is 1.48 bits per heavy atom. The van der Waals surface area contributed by atoms with Crippen molar-refractivity contribution in [1.29, 1.82) is 0 Å². The Balaban J connectivity index is 0.000000821. The number of aliphatic carboxylic acids is 2. The summed E-state index contributed by atoms with van der Waals surface area (Å²) < 4.78 is 31.7. The highest BCUT2D eigenvalue weighted by Crippen LogP contribution is 2.13. The van der Waals surface area contributed by atoms with Crippen molar-refractivity contribution < 1.29 is 52.2 Å². The molecule has 3 amide bonds. The normalized spacial score (nSPS) is 15.6. The van der Waals surface area contributed by atoms with Gasteiger partial charge in [-0.05, 0) is 6.42 Å². The number of carbonyl (C=O) groups is 6. The van der Waals surface area contributed by atoms with Gasteiger partial charge in [-0.1, -0.05) is 0 Å². The van der Waals surface area contributed by atoms with Crippen LogP contribution in [0.1, 0.15) is 6.42 Å². The third kappa shape index (κ3) is 7.64. The fraction of sp³-hybridized carbons (Fsp3) is 0.385. The standard InChI is InChI=1S/C11H13N3O6.C2HF3O2/c12-6(10(13)18)3-5(11(19)20)7(15)4-14-8(16)1-2-9(14)17;3-2(4,5)1(6)7/h1-2,5-6H,3-4,12H2,(H2,13,18)(H,19,20);(H,6,7)/t5?,6-;/m1./s1. The van der Waals surface area contributed by atoms with E-state index in [1.807, 2.05) is 0 Å². The van der Waals surface area contributed by atoms with Crippen molar-refractivity contribution in [3.8, 4) is 0 Å². The molecule has 1 aliphatic rings. The highest BCUT2D eigenvalue weighted by Gasteiger charge is 2.38. The number of imide groups is 1. The van der Waals surface area contributed by atoms with Crippen molar-refractivity contribution in [3.63, 3.8) is 0 Å². The lowest BCUT2D eigenvalue weighted by atomic mass is 9.95. The van der Waals surface area contributed by atoms with E-state index in [9.17, 15) is 37.1 Å². The second kappa shape index (κ2) is 9.42. The van der Waals surface area contributed by atoms with Crippen LogP contribution in [0.3, 0.4) is 0 Å². The van der Waals surface area contributed by atoms with Crippen LogP contribution in [0, 0.1) is 5.92 Å². The highest BCUT2D eigenvalue weighted by molar-refractivity contribution is 6.15. The lowest BCUT2D eigenvalue weighted by Crippen LogP contribution is -2.44. The number of nitrogens with two attached hydrogens (primary N) is 2. The van der Waals surface area contributed by atoms with Crippen LogP contribution in [0.4, 0.5) is 13.2 Å². The first-order valence-electron chi connectivity index (χ1n) is 6.82. The van der Waals surface area contributed by atoms with E-state index in [2.05, 4.69) is 0 Å². The zero-order chi connectivity index (χ0) is 21.5. The molecule has 14 heteroatoms. The first kappa shape index (κ1) is 23.7. The molecule has 0 bridgehead atoms. The molecule has 1 aliphatic heterocycles. The van der Waals surface area contributed by atoms with Crippen LogP contribution in [-0.2, 0) is 28.8 Å². The smallest absolute Gasteiger partial charge is 0.481 e. The molecular weight excluding hydrogens is 383 g/mol. The van der Waals surface area contributed by atoms with Gasteiger partial charge in [0.15, 0.2) is 5.78 Å². The number of carbonyl (C=O) groups excluding carboxylic acids is 4. The van der Waals surface area contributed by atoms with E-state index in [0.717, 1.165) is 12.2 Å². The molecule has 0 aromatic heterocycles. The molecule has 0 aromatic rings. The number of carboxylic acid groups (broad SMARTS) is 2. The van der Waals surface area contributed by atoms with Crippen LogP contribution < -0.4 is 11.5 Å². The fourth-order valence-corrected chi connectivity index (χ4v) is 1.59. The van der Waals surface area contributed by atoms with Crippen LogP contribution in [0.15, 0.2) is 12.2 Å². The van der Waals surface area contributed by atoms with Gasteiger partial charge in [0.25, 0.3) is 11.8 Å². The van der Waals surface area contributed by atoms with Gasteiger partial charge < -0.3 is 21.7 Å². The van der Waals surface area contributed by atoms with E-state index in [1.165, 1.54) is 0 Å². The SMILES string of the molecule is NC(=O)[C@H](N)CC(C(=O)O)C(=O)CN1C(=O)C=CC1=O.O=C(O)C(F)(F)F. The summed E-state index contributed by atoms with van der Waals surface area (Å²) in [5.74, 6) is -9.12. The van der Waals surface area contributed by atoms with E-state index < -0.39 is 66.5 Å². The molecule has 0 aliphatic carbocycles. The average molecular weight is 397 g/mol. The van der Waals surface area contributed by atoms with E-state index in [0.29, 0.717) is 4.90 Å². The monoisotopic (exact) mass is 397 g/mol. The van der Waals surface area contributed by atoms with Crippen LogP contribution in [0.25, 0.3) is 0 Å². The quantitative estimate of drug-likeness (QED) is 0.277. The van der Waals surface area contributed by atoms with Gasteiger partial charge in [-0.15, -0.1) is 0 Å². The maximum atomic E-state index is 11.8. The first-order valence-corrected chi connectivity index (χ1v) is 6.82. The number of hydrogen-bond acceptors (Lipinski definition) is 7. The summed E-state index contributed by atoms with van der Waals surface area (Å²) in [7, 11) is 0. The lowest BCUT2D eigenvalue weighted by Gasteiger charge is -2.18. The van der Waals surface area contributed by atoms with Gasteiger partial charge in [0.2, 0.25) is 5.91 Å². The van der Waals surface area contributed by atoms with Gasteiger partial charge in [-0.3, -0.25) is 28.9 Å². The number of amides is 3. The predicted octanol–water partition coefficient (Wildman–Crippen LogP) is -1.98. The molecule has 0 saturated heterocycles. The molecule has 27 heavy (non-hydrogen) atoms. The minimum atomic E-state index is -5.08. The number of primary amides is 1. The summed E-state index contributed by atoms with van der Waals surface area (Å²) in [5, 5.41) is 16.1. The minimum absolute atomic E-state index is 0.493. The Kier molecular flexibility index (Phi) is 8.27. The molecule has 2 atom stereocenters. The zero-order valence-corrected chi connectivity index (χ0v) is 13.3. The molecule has 0 radical (unpaired) electrons. The summed E-state index contributed by atoms with van der Waals surface area (Å²) >= 11 is 0. The van der Waals surface area contributed by atoms with E-state index in [1.54, 1.807) is 0 Å². The van der Waals surface area contributed by atoms with Gasteiger partial charge >= 0.3 is 18.1 Å². The first-order chi connectivity index (χ1) is 12.2. The second-order valence-electron chi connectivity index (χ2n) is 5.00. The molecule has 0 saturated carbocycles. The number of halogens is 3. The van der Waals surface area contributed by atoms with Crippen molar-refractivity contribution in [2.45, 2.75) is 18.6 Å². The molecule has 1 rings (SSSR count). The van der Waals surface area contributed by atoms with E-state index in [-0.39, 0.29) is 0 Å². The zero-order valence-electron chi connectivity index (χ0n) is 13.3. The van der Waals surface area contributed by atoms with Crippen LogP contribution in [-0.4, -0.2) is 69.3 Å². The summed E-state index contributed by atoms with van der Waals surface area (Å²) in [6, 6.07) is -1.30. The Labute approximate surface area is 148 Å². The molecule has 150 valence electrons. The van der Waals surface area contributed by atoms with Crippen molar-refractivity contribution in [2.75, 3.05) is 6.54 Å². The van der Waals surface area contributed by atoms with Gasteiger partial charge in [-0.2, -0.15) is 13.2 Å². The Morgan fingerprint density at radius 3 is 1.78 bits per heavy atom. The Hall–Kier alpha value is -3.29. The lowest BCUT2D eigenvalue weighted by molar-refractivity contribution is -0.192. The molecule has 0 fully saturated rings. The van der Waals surface area contributed by atoms with Crippen LogP contribution in [0.5, 0.6) is 0 Å². The topological polar surface area (TPSA) is 198 Å². The fourth-order valence-electron chi connectivity index (χ4n) is 1.59. The highest BCUT2D eigenvalue weighted by atomic mass is 19.4. The molecular formula is C13H14F3N3O8. The van der Waals surface area contributed by atoms with E-state index >= 15 is 0 Å². The molecule has 6 N–H and O–H groups in total. The summed E-state index contributed by atoms with van der Waals surface area (Å²) in [5.41, 5.74) is 10.2. The predicted molar refractivity (Wildman–Crippen MR) is 77.5 cm³/mol. The van der Waals surface area contributed by atoms with Gasteiger partial charge in [0, 0.05) is 12.2 Å². The number of carboxylic acids is 2. The number of nitrogens with zero attached hydrogens (tertiary/aromatic N) is 1. The molecule has 0 aromatic carbocycles. The van der Waals surface area contributed by atoms with Gasteiger partial charge in [-0.25, -0.2) is 4.79 Å². The third-order valence-electron chi connectivity index (χ3n) is 3.00. The largest absolute Gasteiger partial charge is 0.490 e. The average Bonchev–Trinajstić information content (AvgIpc) is 2.83. The van der Waals surface area contributed by atoms with Gasteiger partial charge in [0.1, 0.15) is 5.92 Å². The molecule has 11 nitrogen and oxygen atoms in total. The number of Topliss-reactive ketones (excluding diaryl/α,β-unsaturated/α-hetero) is 1. The Morgan fingerprint density at radius 1 is 1.07 bits per heavy atom. The van der Waals surface area contributed by atoms with Crippen molar-refractivity contribution in [1.82, 2.24) is 4.90 Å². The Bertz CT molecular complexity index is 671. The third-order valence-corrected chi connectivity index (χ3v) is 3.00. The number of rotatable bonds is 7. The summed E-state index contributed by atoms with van der Waals surface area (Å²) in [6.45, 7) is -0.687. The van der Waals surface area contributed by atoms with Crippen LogP contribution >= 0.6 is 0 Å². The maximum absolute atomic E-state index is 11.8. The molecule has 0 spiro atoms. The minimum Gasteiger partial charge on any atom is -0.481 e. The van der Waals surface area contributed by atoms with Crippen molar-refractivity contribution in [3.05, 3.63) is 12.2 Å². The summed E-state index contributed by atoms with van der Waals surface area (Å²) in [4.78, 5) is 65.7. The van der Waals surface area contributed by atoms with Crippen molar-refractivity contribution >= 4 is 35.4 Å². The molecule has 1 heterocycles. The van der Waals surface area contributed by atoms with Crippen molar-refractivity contribution in [2.24, 2.45) is 17.4 Å². The number of hydrogen-bond donors (Lipinski definition) is 4.